The number of carboxylic acids is 1. The summed E-state index contributed by atoms with van der Waals surface area (Å²) in [5.41, 5.74) is 0.712. The summed E-state index contributed by atoms with van der Waals surface area (Å²) < 4.78 is 24.2. The average molecular weight is 318 g/mol. The summed E-state index contributed by atoms with van der Waals surface area (Å²) in [6, 6.07) is 10.7. The van der Waals surface area contributed by atoms with Gasteiger partial charge in [0.05, 0.1) is 6.61 Å². The first kappa shape index (κ1) is 16.8. The third-order valence-electron chi connectivity index (χ3n) is 3.05. The Morgan fingerprint density at radius 3 is 2.61 bits per heavy atom. The van der Waals surface area contributed by atoms with Crippen molar-refractivity contribution in [3.05, 3.63) is 59.4 Å². The van der Waals surface area contributed by atoms with Crippen LogP contribution in [0.2, 0.25) is 0 Å². The van der Waals surface area contributed by atoms with E-state index < -0.39 is 5.97 Å². The van der Waals surface area contributed by atoms with Crippen molar-refractivity contribution >= 4 is 5.97 Å². The minimum Gasteiger partial charge on any atom is -0.492 e. The molecule has 0 heterocycles. The highest BCUT2D eigenvalue weighted by molar-refractivity contribution is 5.91. The van der Waals surface area contributed by atoms with Crippen LogP contribution >= 0.6 is 0 Å². The molecule has 23 heavy (non-hydrogen) atoms. The molecule has 0 atom stereocenters. The van der Waals surface area contributed by atoms with Crippen LogP contribution in [0.3, 0.4) is 0 Å². The van der Waals surface area contributed by atoms with Crippen LogP contribution in [0.4, 0.5) is 4.39 Å². The summed E-state index contributed by atoms with van der Waals surface area (Å²) in [5.74, 6) is -0.428. The fourth-order valence-electron chi connectivity index (χ4n) is 1.94. The van der Waals surface area contributed by atoms with Gasteiger partial charge in [-0.15, -0.1) is 0 Å². The number of carbonyl (C=O) groups is 1. The molecule has 2 aromatic rings. The second-order valence-corrected chi connectivity index (χ2v) is 5.59. The van der Waals surface area contributed by atoms with Gasteiger partial charge in [-0.25, -0.2) is 9.18 Å². The van der Waals surface area contributed by atoms with Gasteiger partial charge in [-0.1, -0.05) is 26.0 Å². The second-order valence-electron chi connectivity index (χ2n) is 5.59. The van der Waals surface area contributed by atoms with Crippen molar-refractivity contribution in [1.82, 2.24) is 0 Å². The first-order valence-electron chi connectivity index (χ1n) is 7.33. The second kappa shape index (κ2) is 7.63. The van der Waals surface area contributed by atoms with Gasteiger partial charge in [0.1, 0.15) is 29.5 Å². The number of aromatic carboxylic acids is 1. The molecule has 0 aliphatic rings. The van der Waals surface area contributed by atoms with E-state index in [0.717, 1.165) is 0 Å². The minimum absolute atomic E-state index is 0.0439. The van der Waals surface area contributed by atoms with Crippen LogP contribution < -0.4 is 9.47 Å². The molecule has 2 aromatic carbocycles. The van der Waals surface area contributed by atoms with E-state index in [4.69, 9.17) is 9.47 Å². The maximum absolute atomic E-state index is 13.1. The van der Waals surface area contributed by atoms with Crippen molar-refractivity contribution in [3.8, 4) is 11.5 Å². The molecule has 1 N–H and O–H groups in total. The molecule has 122 valence electrons. The highest BCUT2D eigenvalue weighted by atomic mass is 19.1. The zero-order chi connectivity index (χ0) is 16.8. The molecule has 5 heteroatoms. The molecular formula is C18H19FO4. The van der Waals surface area contributed by atoms with Crippen LogP contribution in [0, 0.1) is 11.7 Å². The first-order valence-corrected chi connectivity index (χ1v) is 7.33. The van der Waals surface area contributed by atoms with Crippen LogP contribution in [0.15, 0.2) is 42.5 Å². The minimum atomic E-state index is -1.08. The van der Waals surface area contributed by atoms with Crippen molar-refractivity contribution in [1.29, 1.82) is 0 Å². The highest BCUT2D eigenvalue weighted by Crippen LogP contribution is 2.25. The third-order valence-corrected chi connectivity index (χ3v) is 3.05. The van der Waals surface area contributed by atoms with Crippen molar-refractivity contribution in [2.75, 3.05) is 6.61 Å². The van der Waals surface area contributed by atoms with Crippen molar-refractivity contribution in [2.45, 2.75) is 20.5 Å². The molecule has 4 nitrogen and oxygen atoms in total. The van der Waals surface area contributed by atoms with Gasteiger partial charge in [-0.2, -0.15) is 0 Å². The van der Waals surface area contributed by atoms with E-state index in [0.29, 0.717) is 29.6 Å². The Bertz CT molecular complexity index is 682. The number of rotatable bonds is 7. The lowest BCUT2D eigenvalue weighted by atomic mass is 10.2. The Labute approximate surface area is 134 Å². The van der Waals surface area contributed by atoms with Gasteiger partial charge in [-0.05, 0) is 41.8 Å². The van der Waals surface area contributed by atoms with E-state index in [1.54, 1.807) is 24.3 Å². The van der Waals surface area contributed by atoms with E-state index in [-0.39, 0.29) is 18.0 Å². The molecule has 0 unspecified atom stereocenters. The van der Waals surface area contributed by atoms with Gasteiger partial charge in [0.15, 0.2) is 0 Å². The third kappa shape index (κ3) is 4.98. The summed E-state index contributed by atoms with van der Waals surface area (Å²) in [6.45, 7) is 4.56. The zero-order valence-electron chi connectivity index (χ0n) is 13.1. The Morgan fingerprint density at radius 2 is 1.96 bits per heavy atom. The van der Waals surface area contributed by atoms with E-state index in [9.17, 15) is 14.3 Å². The number of halogens is 1. The summed E-state index contributed by atoms with van der Waals surface area (Å²) in [4.78, 5) is 11.4. The summed E-state index contributed by atoms with van der Waals surface area (Å²) >= 11 is 0. The van der Waals surface area contributed by atoms with Crippen molar-refractivity contribution < 1.29 is 23.8 Å². The van der Waals surface area contributed by atoms with Gasteiger partial charge in [0.2, 0.25) is 0 Å². The first-order chi connectivity index (χ1) is 11.0. The van der Waals surface area contributed by atoms with Gasteiger partial charge in [-0.3, -0.25) is 0 Å². The van der Waals surface area contributed by atoms with Crippen LogP contribution in [-0.4, -0.2) is 17.7 Å². The lowest BCUT2D eigenvalue weighted by Crippen LogP contribution is -2.09. The highest BCUT2D eigenvalue weighted by Gasteiger charge is 2.13. The number of carboxylic acid groups (broad SMARTS) is 1. The topological polar surface area (TPSA) is 55.8 Å². The smallest absolute Gasteiger partial charge is 0.339 e. The van der Waals surface area contributed by atoms with Crippen LogP contribution in [0.25, 0.3) is 0 Å². The van der Waals surface area contributed by atoms with Crippen LogP contribution in [0.5, 0.6) is 11.5 Å². The molecule has 0 bridgehead atoms. The van der Waals surface area contributed by atoms with Gasteiger partial charge in [0.25, 0.3) is 0 Å². The number of hydrogen-bond acceptors (Lipinski definition) is 3. The van der Waals surface area contributed by atoms with Crippen LogP contribution in [0.1, 0.15) is 29.8 Å². The Kier molecular flexibility index (Phi) is 5.57. The SMILES string of the molecule is CC(C)COc1ccc(OCc2cccc(F)c2)cc1C(=O)O. The molecular weight excluding hydrogens is 299 g/mol. The molecule has 0 radical (unpaired) electrons. The quantitative estimate of drug-likeness (QED) is 0.833. The van der Waals surface area contributed by atoms with Gasteiger partial charge in [0, 0.05) is 0 Å². The monoisotopic (exact) mass is 318 g/mol. The fraction of sp³-hybridized carbons (Fsp3) is 0.278. The van der Waals surface area contributed by atoms with E-state index in [1.807, 2.05) is 13.8 Å². The fourth-order valence-corrected chi connectivity index (χ4v) is 1.94. The molecule has 0 fully saturated rings. The summed E-state index contributed by atoms with van der Waals surface area (Å²) in [6.07, 6.45) is 0. The molecule has 2 rings (SSSR count). The summed E-state index contributed by atoms with van der Waals surface area (Å²) in [5, 5.41) is 9.29. The zero-order valence-corrected chi connectivity index (χ0v) is 13.1. The van der Waals surface area contributed by atoms with E-state index >= 15 is 0 Å². The maximum atomic E-state index is 13.1. The summed E-state index contributed by atoms with van der Waals surface area (Å²) in [7, 11) is 0. The van der Waals surface area contributed by atoms with Crippen molar-refractivity contribution in [3.63, 3.8) is 0 Å². The largest absolute Gasteiger partial charge is 0.492 e. The molecule has 0 amide bonds. The standard InChI is InChI=1S/C18H19FO4/c1-12(2)10-23-17-7-6-15(9-16(17)18(20)21)22-11-13-4-3-5-14(19)8-13/h3-9,12H,10-11H2,1-2H3,(H,20,21). The molecule has 0 spiro atoms. The van der Waals surface area contributed by atoms with Crippen LogP contribution in [-0.2, 0) is 6.61 Å². The molecule has 0 aromatic heterocycles. The maximum Gasteiger partial charge on any atom is 0.339 e. The number of benzene rings is 2. The molecule has 0 aliphatic carbocycles. The molecule has 0 saturated carbocycles. The molecule has 0 aliphatic heterocycles. The predicted octanol–water partition coefficient (Wildman–Crippen LogP) is 4.14. The van der Waals surface area contributed by atoms with E-state index in [1.165, 1.54) is 18.2 Å². The van der Waals surface area contributed by atoms with Gasteiger partial charge < -0.3 is 14.6 Å². The normalized spacial score (nSPS) is 10.6. The molecule has 0 saturated heterocycles. The Balaban J connectivity index is 2.10. The van der Waals surface area contributed by atoms with Gasteiger partial charge >= 0.3 is 5.97 Å². The lowest BCUT2D eigenvalue weighted by molar-refractivity contribution is 0.0691. The average Bonchev–Trinajstić information content (AvgIpc) is 2.51. The number of hydrogen-bond donors (Lipinski definition) is 1. The Hall–Kier alpha value is -2.56. The predicted molar refractivity (Wildman–Crippen MR) is 84.5 cm³/mol. The van der Waals surface area contributed by atoms with E-state index in [2.05, 4.69) is 0 Å². The lowest BCUT2D eigenvalue weighted by Gasteiger charge is -2.13. The van der Waals surface area contributed by atoms with Crippen molar-refractivity contribution in [2.24, 2.45) is 5.92 Å². The Morgan fingerprint density at radius 1 is 1.17 bits per heavy atom. The number of ether oxygens (including phenoxy) is 2.